The summed E-state index contributed by atoms with van der Waals surface area (Å²) in [6, 6.07) is 0. The molecule has 0 aliphatic rings. The largest absolute Gasteiger partial charge is 0.481 e. The monoisotopic (exact) mass is 293 g/mol. The minimum atomic E-state index is -1.19. The Morgan fingerprint density at radius 2 is 1.50 bits per heavy atom. The molecule has 0 fully saturated rings. The zero-order chi connectivity index (χ0) is 10.6. The van der Waals surface area contributed by atoms with E-state index >= 15 is 0 Å². The van der Waals surface area contributed by atoms with Gasteiger partial charge in [0, 0.05) is 27.8 Å². The van der Waals surface area contributed by atoms with Crippen molar-refractivity contribution >= 4 is 17.5 Å². The maximum absolute atomic E-state index is 11.2. The summed E-state index contributed by atoms with van der Waals surface area (Å²) >= 11 is 0. The summed E-state index contributed by atoms with van der Waals surface area (Å²) in [5.41, 5.74) is -0.575. The molecule has 0 unspecified atom stereocenters. The minimum Gasteiger partial charge on any atom is -0.481 e. The van der Waals surface area contributed by atoms with Gasteiger partial charge in [-0.15, -0.1) is 0 Å². The van der Waals surface area contributed by atoms with E-state index in [4.69, 9.17) is 5.11 Å². The first-order chi connectivity index (χ1) is 5.73. The van der Waals surface area contributed by atoms with E-state index in [2.05, 4.69) is 0 Å². The first kappa shape index (κ1) is 16.0. The summed E-state index contributed by atoms with van der Waals surface area (Å²) in [6.07, 6.45) is -0.850. The number of Topliss-reactive ketones (excluding diaryl/α,β-unsaturated/α-hetero) is 2. The smallest absolute Gasteiger partial charge is 0.310 e. The van der Waals surface area contributed by atoms with E-state index in [1.54, 1.807) is 20.8 Å². The first-order valence-electron chi connectivity index (χ1n) is 4.00. The van der Waals surface area contributed by atoms with Crippen LogP contribution in [0.15, 0.2) is 0 Å². The summed E-state index contributed by atoms with van der Waals surface area (Å²) in [5.74, 6) is -1.95. The molecule has 0 aliphatic carbocycles. The zero-order valence-electron chi connectivity index (χ0n) is 8.39. The van der Waals surface area contributed by atoms with Crippen molar-refractivity contribution in [3.8, 4) is 0 Å². The molecule has 85 valence electrons. The Balaban J connectivity index is 0. The normalized spacial score (nSPS) is 10.2. The number of carboxylic acid groups (broad SMARTS) is 1. The molecule has 0 spiro atoms. The van der Waals surface area contributed by atoms with Gasteiger partial charge in [-0.3, -0.25) is 14.4 Å². The van der Waals surface area contributed by atoms with Crippen molar-refractivity contribution in [3.63, 3.8) is 0 Å². The number of carbonyl (C=O) groups is 3. The summed E-state index contributed by atoms with van der Waals surface area (Å²) in [5, 5.41) is 8.27. The molecule has 0 aromatic rings. The number of carboxylic acids is 1. The van der Waals surface area contributed by atoms with Crippen molar-refractivity contribution in [2.45, 2.75) is 33.6 Å². The Kier molecular flexibility index (Phi) is 6.99. The number of hydrogen-bond acceptors (Lipinski definition) is 3. The van der Waals surface area contributed by atoms with Gasteiger partial charge in [-0.2, -0.15) is 0 Å². The van der Waals surface area contributed by atoms with Gasteiger partial charge >= 0.3 is 5.97 Å². The van der Waals surface area contributed by atoms with E-state index in [0.29, 0.717) is 0 Å². The SMILES string of the molecule is CC(C)(C)C(=O)CC(=O)CC(=O)O.[Ag]. The van der Waals surface area contributed by atoms with Gasteiger partial charge in [0.1, 0.15) is 12.2 Å². The summed E-state index contributed by atoms with van der Waals surface area (Å²) in [7, 11) is 0. The molecule has 0 atom stereocenters. The van der Waals surface area contributed by atoms with Crippen LogP contribution in [0.3, 0.4) is 0 Å². The molecule has 0 rings (SSSR count). The minimum absolute atomic E-state index is 0. The van der Waals surface area contributed by atoms with Gasteiger partial charge in [-0.05, 0) is 0 Å². The van der Waals surface area contributed by atoms with Gasteiger partial charge in [0.2, 0.25) is 0 Å². The molecule has 0 saturated heterocycles. The number of hydrogen-bond donors (Lipinski definition) is 1. The van der Waals surface area contributed by atoms with Gasteiger partial charge < -0.3 is 5.11 Å². The van der Waals surface area contributed by atoms with Gasteiger partial charge in [0.25, 0.3) is 0 Å². The van der Waals surface area contributed by atoms with Crippen LogP contribution in [-0.4, -0.2) is 22.6 Å². The van der Waals surface area contributed by atoms with Crippen molar-refractivity contribution in [2.24, 2.45) is 5.41 Å². The fourth-order valence-corrected chi connectivity index (χ4v) is 0.675. The van der Waals surface area contributed by atoms with Crippen LogP contribution in [-0.2, 0) is 36.8 Å². The summed E-state index contributed by atoms with van der Waals surface area (Å²) < 4.78 is 0. The van der Waals surface area contributed by atoms with Crippen molar-refractivity contribution in [2.75, 3.05) is 0 Å². The molecule has 14 heavy (non-hydrogen) atoms. The van der Waals surface area contributed by atoms with Crippen LogP contribution in [0.5, 0.6) is 0 Å². The van der Waals surface area contributed by atoms with Crippen LogP contribution in [0.2, 0.25) is 0 Å². The average molecular weight is 294 g/mol. The topological polar surface area (TPSA) is 71.4 Å². The van der Waals surface area contributed by atoms with Gasteiger partial charge in [-0.25, -0.2) is 0 Å². The third kappa shape index (κ3) is 7.00. The predicted molar refractivity (Wildman–Crippen MR) is 46.3 cm³/mol. The number of aliphatic carboxylic acids is 1. The van der Waals surface area contributed by atoms with E-state index in [1.807, 2.05) is 0 Å². The van der Waals surface area contributed by atoms with E-state index in [-0.39, 0.29) is 34.6 Å². The Bertz CT molecular complexity index is 240. The van der Waals surface area contributed by atoms with Crippen molar-refractivity contribution < 1.29 is 41.9 Å². The molecule has 0 amide bonds. The molecular formula is C9H14AgO4. The second kappa shape index (κ2) is 6.11. The second-order valence-electron chi connectivity index (χ2n) is 3.96. The fraction of sp³-hybridized carbons (Fsp3) is 0.667. The maximum Gasteiger partial charge on any atom is 0.310 e. The number of rotatable bonds is 4. The fourth-order valence-electron chi connectivity index (χ4n) is 0.675. The molecule has 4 nitrogen and oxygen atoms in total. The molecule has 0 heterocycles. The van der Waals surface area contributed by atoms with Gasteiger partial charge in [-0.1, -0.05) is 20.8 Å². The molecule has 5 heteroatoms. The zero-order valence-corrected chi connectivity index (χ0v) is 9.87. The van der Waals surface area contributed by atoms with Crippen LogP contribution >= 0.6 is 0 Å². The van der Waals surface area contributed by atoms with Gasteiger partial charge in [0.05, 0.1) is 6.42 Å². The van der Waals surface area contributed by atoms with Gasteiger partial charge in [0.15, 0.2) is 5.78 Å². The molecule has 1 radical (unpaired) electrons. The molecule has 0 bridgehead atoms. The number of ketones is 2. The Morgan fingerprint density at radius 3 is 1.79 bits per heavy atom. The standard InChI is InChI=1S/C9H14O4.Ag/c1-9(2,3)7(11)4-6(10)5-8(12)13;/h4-5H2,1-3H3,(H,12,13);. The quantitative estimate of drug-likeness (QED) is 0.621. The molecule has 0 aliphatic heterocycles. The van der Waals surface area contributed by atoms with Crippen LogP contribution in [0.4, 0.5) is 0 Å². The van der Waals surface area contributed by atoms with Crippen molar-refractivity contribution in [1.29, 1.82) is 0 Å². The third-order valence-electron chi connectivity index (χ3n) is 1.54. The third-order valence-corrected chi connectivity index (χ3v) is 1.54. The molecule has 0 aromatic heterocycles. The van der Waals surface area contributed by atoms with E-state index < -0.39 is 23.6 Å². The Morgan fingerprint density at radius 1 is 1.07 bits per heavy atom. The van der Waals surface area contributed by atoms with E-state index in [1.165, 1.54) is 0 Å². The predicted octanol–water partition coefficient (Wildman–Crippen LogP) is 1.03. The molecule has 1 N–H and O–H groups in total. The molecule has 0 aromatic carbocycles. The summed E-state index contributed by atoms with van der Waals surface area (Å²) in [4.78, 5) is 32.3. The van der Waals surface area contributed by atoms with Crippen LogP contribution in [0, 0.1) is 5.41 Å². The van der Waals surface area contributed by atoms with E-state index in [9.17, 15) is 14.4 Å². The van der Waals surface area contributed by atoms with Crippen LogP contribution in [0.1, 0.15) is 33.6 Å². The number of carbonyl (C=O) groups excluding carboxylic acids is 2. The van der Waals surface area contributed by atoms with Crippen LogP contribution < -0.4 is 0 Å². The van der Waals surface area contributed by atoms with Crippen molar-refractivity contribution in [1.82, 2.24) is 0 Å². The first-order valence-corrected chi connectivity index (χ1v) is 4.00. The summed E-state index contributed by atoms with van der Waals surface area (Å²) in [6.45, 7) is 5.09. The Labute approximate surface area is 98.6 Å². The molecular weight excluding hydrogens is 280 g/mol. The second-order valence-corrected chi connectivity index (χ2v) is 3.96. The average Bonchev–Trinajstić information content (AvgIpc) is 1.82. The van der Waals surface area contributed by atoms with Crippen LogP contribution in [0.25, 0.3) is 0 Å². The van der Waals surface area contributed by atoms with E-state index in [0.717, 1.165) is 0 Å². The molecule has 0 saturated carbocycles. The van der Waals surface area contributed by atoms with Crippen molar-refractivity contribution in [3.05, 3.63) is 0 Å². The Hall–Kier alpha value is -0.450. The maximum atomic E-state index is 11.2.